The van der Waals surface area contributed by atoms with Gasteiger partial charge in [0.2, 0.25) is 5.91 Å². The van der Waals surface area contributed by atoms with Crippen molar-refractivity contribution in [2.45, 2.75) is 19.3 Å². The van der Waals surface area contributed by atoms with Crippen LogP contribution < -0.4 is 15.8 Å². The van der Waals surface area contributed by atoms with Gasteiger partial charge in [0.1, 0.15) is 11.5 Å². The molecule has 0 aliphatic heterocycles. The van der Waals surface area contributed by atoms with Gasteiger partial charge in [-0.1, -0.05) is 6.42 Å². The quantitative estimate of drug-likeness (QED) is 0.706. The van der Waals surface area contributed by atoms with E-state index in [1.807, 2.05) is 0 Å². The number of phenols is 1. The van der Waals surface area contributed by atoms with E-state index < -0.39 is 5.41 Å². The fraction of sp³-hybridized carbons (Fsp3) is 0.462. The molecule has 4 N–H and O–H groups in total. The normalized spacial score (nSPS) is 16.8. The second kappa shape index (κ2) is 4.86. The number of amides is 1. The number of hydrogen-bond acceptors (Lipinski definition) is 4. The average molecular weight is 250 g/mol. The van der Waals surface area contributed by atoms with E-state index in [-0.39, 0.29) is 11.7 Å². The lowest BCUT2D eigenvalue weighted by Gasteiger charge is -2.39. The van der Waals surface area contributed by atoms with Crippen molar-refractivity contribution in [3.8, 4) is 11.5 Å². The summed E-state index contributed by atoms with van der Waals surface area (Å²) in [6, 6.07) is 4.72. The van der Waals surface area contributed by atoms with Gasteiger partial charge in [0.25, 0.3) is 0 Å². The SMILES string of the molecule is COc1ccc(O)c(NC(=O)C2(CN)CCC2)c1. The first-order valence-corrected chi connectivity index (χ1v) is 6.00. The average Bonchev–Trinajstić information content (AvgIpc) is 2.31. The Labute approximate surface area is 106 Å². The number of carbonyl (C=O) groups is 1. The third kappa shape index (κ3) is 2.13. The predicted octanol–water partition coefficient (Wildman–Crippen LogP) is 1.47. The molecule has 0 spiro atoms. The molecule has 0 radical (unpaired) electrons. The highest BCUT2D eigenvalue weighted by molar-refractivity contribution is 5.97. The summed E-state index contributed by atoms with van der Waals surface area (Å²) in [5.41, 5.74) is 5.57. The van der Waals surface area contributed by atoms with Crippen LogP contribution in [0.2, 0.25) is 0 Å². The zero-order valence-electron chi connectivity index (χ0n) is 10.4. The Hall–Kier alpha value is -1.75. The minimum atomic E-state index is -0.463. The van der Waals surface area contributed by atoms with Crippen LogP contribution in [-0.2, 0) is 4.79 Å². The molecular weight excluding hydrogens is 232 g/mol. The van der Waals surface area contributed by atoms with Gasteiger partial charge in [-0.05, 0) is 25.0 Å². The van der Waals surface area contributed by atoms with Crippen molar-refractivity contribution in [3.05, 3.63) is 18.2 Å². The number of anilines is 1. The summed E-state index contributed by atoms with van der Waals surface area (Å²) in [7, 11) is 1.53. The number of ether oxygens (including phenoxy) is 1. The van der Waals surface area contributed by atoms with Gasteiger partial charge in [0.05, 0.1) is 18.2 Å². The molecule has 18 heavy (non-hydrogen) atoms. The highest BCUT2D eigenvalue weighted by Crippen LogP contribution is 2.41. The van der Waals surface area contributed by atoms with E-state index >= 15 is 0 Å². The minimum Gasteiger partial charge on any atom is -0.506 e. The Bertz CT molecular complexity index is 450. The van der Waals surface area contributed by atoms with Gasteiger partial charge < -0.3 is 20.9 Å². The highest BCUT2D eigenvalue weighted by atomic mass is 16.5. The fourth-order valence-electron chi connectivity index (χ4n) is 2.12. The zero-order chi connectivity index (χ0) is 13.2. The fourth-order valence-corrected chi connectivity index (χ4v) is 2.12. The van der Waals surface area contributed by atoms with Crippen LogP contribution in [0.3, 0.4) is 0 Å². The van der Waals surface area contributed by atoms with Gasteiger partial charge in [0, 0.05) is 12.6 Å². The van der Waals surface area contributed by atoms with E-state index in [0.717, 1.165) is 19.3 Å². The first-order chi connectivity index (χ1) is 8.61. The summed E-state index contributed by atoms with van der Waals surface area (Å²) in [5, 5.41) is 12.4. The van der Waals surface area contributed by atoms with Crippen molar-refractivity contribution < 1.29 is 14.6 Å². The van der Waals surface area contributed by atoms with Crippen molar-refractivity contribution in [3.63, 3.8) is 0 Å². The van der Waals surface area contributed by atoms with Crippen LogP contribution in [0.4, 0.5) is 5.69 Å². The lowest BCUT2D eigenvalue weighted by atomic mass is 9.68. The molecule has 5 heteroatoms. The molecule has 1 aromatic carbocycles. The van der Waals surface area contributed by atoms with Crippen LogP contribution in [0.1, 0.15) is 19.3 Å². The predicted molar refractivity (Wildman–Crippen MR) is 68.6 cm³/mol. The van der Waals surface area contributed by atoms with Crippen molar-refractivity contribution in [1.29, 1.82) is 0 Å². The molecule has 5 nitrogen and oxygen atoms in total. The third-order valence-electron chi connectivity index (χ3n) is 3.63. The van der Waals surface area contributed by atoms with E-state index in [9.17, 15) is 9.90 Å². The minimum absolute atomic E-state index is 0.0237. The second-order valence-electron chi connectivity index (χ2n) is 4.68. The van der Waals surface area contributed by atoms with Crippen LogP contribution in [0.15, 0.2) is 18.2 Å². The molecule has 1 aliphatic carbocycles. The molecule has 1 amide bonds. The van der Waals surface area contributed by atoms with E-state index in [1.54, 1.807) is 12.1 Å². The van der Waals surface area contributed by atoms with Crippen LogP contribution in [0.5, 0.6) is 11.5 Å². The van der Waals surface area contributed by atoms with Gasteiger partial charge in [-0.25, -0.2) is 0 Å². The van der Waals surface area contributed by atoms with Crippen LogP contribution in [-0.4, -0.2) is 24.7 Å². The van der Waals surface area contributed by atoms with E-state index in [2.05, 4.69) is 5.32 Å². The van der Waals surface area contributed by atoms with E-state index in [0.29, 0.717) is 18.0 Å². The molecule has 2 rings (SSSR count). The first kappa shape index (κ1) is 12.7. The van der Waals surface area contributed by atoms with Crippen molar-refractivity contribution >= 4 is 11.6 Å². The van der Waals surface area contributed by atoms with Gasteiger partial charge in [-0.15, -0.1) is 0 Å². The largest absolute Gasteiger partial charge is 0.506 e. The second-order valence-corrected chi connectivity index (χ2v) is 4.68. The molecule has 0 heterocycles. The zero-order valence-corrected chi connectivity index (χ0v) is 10.4. The third-order valence-corrected chi connectivity index (χ3v) is 3.63. The van der Waals surface area contributed by atoms with Gasteiger partial charge in [0.15, 0.2) is 0 Å². The van der Waals surface area contributed by atoms with Gasteiger partial charge in [-0.3, -0.25) is 4.79 Å². The van der Waals surface area contributed by atoms with Crippen molar-refractivity contribution in [2.24, 2.45) is 11.1 Å². The summed E-state index contributed by atoms with van der Waals surface area (Å²) in [4.78, 5) is 12.2. The molecule has 1 aromatic rings. The number of nitrogens with one attached hydrogen (secondary N) is 1. The smallest absolute Gasteiger partial charge is 0.231 e. The molecule has 0 unspecified atom stereocenters. The maximum absolute atomic E-state index is 12.2. The number of carbonyl (C=O) groups excluding carboxylic acids is 1. The number of methoxy groups -OCH3 is 1. The number of hydrogen-bond donors (Lipinski definition) is 3. The van der Waals surface area contributed by atoms with Crippen molar-refractivity contribution in [2.75, 3.05) is 19.0 Å². The molecule has 0 aromatic heterocycles. The number of benzene rings is 1. The lowest BCUT2D eigenvalue weighted by Crippen LogP contribution is -2.47. The molecule has 0 bridgehead atoms. The Morgan fingerprint density at radius 1 is 1.56 bits per heavy atom. The summed E-state index contributed by atoms with van der Waals surface area (Å²) in [6.45, 7) is 0.337. The molecule has 1 fully saturated rings. The van der Waals surface area contributed by atoms with Crippen LogP contribution in [0.25, 0.3) is 0 Å². The number of nitrogens with two attached hydrogens (primary N) is 1. The summed E-state index contributed by atoms with van der Waals surface area (Å²) in [6.07, 6.45) is 2.63. The van der Waals surface area contributed by atoms with Crippen LogP contribution >= 0.6 is 0 Å². The highest BCUT2D eigenvalue weighted by Gasteiger charge is 2.42. The number of aromatic hydroxyl groups is 1. The Morgan fingerprint density at radius 2 is 2.28 bits per heavy atom. The molecule has 1 aliphatic rings. The van der Waals surface area contributed by atoms with Gasteiger partial charge in [-0.2, -0.15) is 0 Å². The van der Waals surface area contributed by atoms with Gasteiger partial charge >= 0.3 is 0 Å². The maximum Gasteiger partial charge on any atom is 0.231 e. The summed E-state index contributed by atoms with van der Waals surface area (Å²) in [5.74, 6) is 0.481. The first-order valence-electron chi connectivity index (χ1n) is 6.00. The monoisotopic (exact) mass is 250 g/mol. The topological polar surface area (TPSA) is 84.6 Å². The standard InChI is InChI=1S/C13H18N2O3/c1-18-9-3-4-11(16)10(7-9)15-12(17)13(8-14)5-2-6-13/h3-4,7,16H,2,5-6,8,14H2,1H3,(H,15,17). The number of phenolic OH excluding ortho intramolecular Hbond substituents is 1. The summed E-state index contributed by atoms with van der Waals surface area (Å²) < 4.78 is 5.06. The molecule has 1 saturated carbocycles. The molecular formula is C13H18N2O3. The Kier molecular flexibility index (Phi) is 3.43. The Balaban J connectivity index is 2.16. The van der Waals surface area contributed by atoms with Crippen LogP contribution in [0, 0.1) is 5.41 Å². The van der Waals surface area contributed by atoms with E-state index in [1.165, 1.54) is 13.2 Å². The van der Waals surface area contributed by atoms with Crippen molar-refractivity contribution in [1.82, 2.24) is 0 Å². The van der Waals surface area contributed by atoms with E-state index in [4.69, 9.17) is 10.5 Å². The Morgan fingerprint density at radius 3 is 2.78 bits per heavy atom. The number of rotatable bonds is 4. The molecule has 0 saturated heterocycles. The molecule has 98 valence electrons. The lowest BCUT2D eigenvalue weighted by molar-refractivity contribution is -0.129. The summed E-state index contributed by atoms with van der Waals surface area (Å²) >= 11 is 0. The molecule has 0 atom stereocenters. The maximum atomic E-state index is 12.2.